The van der Waals surface area contributed by atoms with Crippen molar-refractivity contribution in [2.24, 2.45) is 86.8 Å². The van der Waals surface area contributed by atoms with E-state index in [1.807, 2.05) is 0 Å². The van der Waals surface area contributed by atoms with Crippen LogP contribution in [-0.2, 0) is 19.1 Å². The third-order valence-corrected chi connectivity index (χ3v) is 22.6. The number of fused-ring (bicyclic) bond motifs is 10. The predicted octanol–water partition coefficient (Wildman–Crippen LogP) is 15.6. The van der Waals surface area contributed by atoms with Crippen molar-refractivity contribution in [1.82, 2.24) is 9.80 Å². The normalized spacial score (nSPS) is 37.5. The number of rotatable bonds is 20. The van der Waals surface area contributed by atoms with Crippen molar-refractivity contribution in [3.8, 4) is 0 Å². The first-order valence-electron chi connectivity index (χ1n) is 30.1. The van der Waals surface area contributed by atoms with Crippen molar-refractivity contribution in [3.05, 3.63) is 70.9 Å². The van der Waals surface area contributed by atoms with Gasteiger partial charge in [0.2, 0.25) is 0 Å². The van der Waals surface area contributed by atoms with E-state index in [-0.39, 0.29) is 35.0 Å². The van der Waals surface area contributed by atoms with E-state index < -0.39 is 0 Å². The quantitative estimate of drug-likeness (QED) is 0.0895. The third kappa shape index (κ3) is 11.5. The van der Waals surface area contributed by atoms with Gasteiger partial charge in [0.1, 0.15) is 12.2 Å². The first kappa shape index (κ1) is 55.5. The maximum Gasteiger partial charge on any atom is 0.307 e. The Morgan fingerprint density at radius 2 is 1.10 bits per heavy atom. The zero-order chi connectivity index (χ0) is 51.8. The van der Waals surface area contributed by atoms with Crippen LogP contribution in [0, 0.1) is 86.8 Å². The lowest BCUT2D eigenvalue weighted by molar-refractivity contribution is -0.151. The molecule has 15 unspecified atom stereocenters. The molecule has 0 saturated heterocycles. The molecule has 0 aromatic heterocycles. The van der Waals surface area contributed by atoms with Crippen LogP contribution in [0.1, 0.15) is 192 Å². The van der Waals surface area contributed by atoms with E-state index in [2.05, 4.69) is 149 Å². The Bertz CT molecular complexity index is 2110. The van der Waals surface area contributed by atoms with Crippen LogP contribution in [0.5, 0.6) is 0 Å². The Labute approximate surface area is 440 Å². The monoisotopic (exact) mass is 989 g/mol. The molecule has 15 atom stereocenters. The second-order valence-corrected chi connectivity index (χ2v) is 27.6. The lowest BCUT2D eigenvalue weighted by Crippen LogP contribution is -2.46. The summed E-state index contributed by atoms with van der Waals surface area (Å²) in [6, 6.07) is 0. The number of carbonyl (C=O) groups excluding carboxylic acids is 2. The summed E-state index contributed by atoms with van der Waals surface area (Å²) in [6.07, 6.45) is 39.1. The first-order chi connectivity index (χ1) is 34.2. The van der Waals surface area contributed by atoms with Crippen LogP contribution in [-0.4, -0.2) is 74.2 Å². The van der Waals surface area contributed by atoms with Crippen molar-refractivity contribution >= 4 is 11.9 Å². The van der Waals surface area contributed by atoms with Gasteiger partial charge in [0.15, 0.2) is 0 Å². The molecule has 0 aliphatic heterocycles. The van der Waals surface area contributed by atoms with Gasteiger partial charge < -0.3 is 19.3 Å². The van der Waals surface area contributed by atoms with Crippen LogP contribution >= 0.6 is 0 Å². The van der Waals surface area contributed by atoms with Crippen LogP contribution in [0.4, 0.5) is 0 Å². The van der Waals surface area contributed by atoms with E-state index in [0.29, 0.717) is 90.0 Å². The molecule has 0 N–H and O–H groups in total. The number of nitrogens with zero attached hydrogens (tertiary/aromatic N) is 2. The molecule has 0 amide bonds. The molecule has 402 valence electrons. The van der Waals surface area contributed by atoms with Gasteiger partial charge in [-0.3, -0.25) is 9.59 Å². The molecular weight excluding hydrogens is 885 g/mol. The van der Waals surface area contributed by atoms with Gasteiger partial charge in [-0.15, -0.1) is 0 Å². The van der Waals surface area contributed by atoms with E-state index in [9.17, 15) is 9.59 Å². The molecule has 6 nitrogen and oxygen atoms in total. The zero-order valence-electron chi connectivity index (χ0n) is 48.2. The fourth-order valence-corrected chi connectivity index (χ4v) is 16.9. The molecule has 6 fully saturated rings. The van der Waals surface area contributed by atoms with E-state index in [0.717, 1.165) is 69.9 Å². The molecule has 8 rings (SSSR count). The third-order valence-electron chi connectivity index (χ3n) is 22.6. The minimum Gasteiger partial charge on any atom is -0.462 e. The Balaban J connectivity index is 0.815. The summed E-state index contributed by atoms with van der Waals surface area (Å²) in [6.45, 7) is 29.9. The summed E-state index contributed by atoms with van der Waals surface area (Å²) in [4.78, 5) is 31.7. The predicted molar refractivity (Wildman–Crippen MR) is 299 cm³/mol. The van der Waals surface area contributed by atoms with Gasteiger partial charge in [-0.1, -0.05) is 147 Å². The van der Waals surface area contributed by atoms with Crippen LogP contribution < -0.4 is 0 Å². The van der Waals surface area contributed by atoms with E-state index in [4.69, 9.17) is 9.47 Å². The molecular formula is C66H104N2O4. The summed E-state index contributed by atoms with van der Waals surface area (Å²) < 4.78 is 12.6. The largest absolute Gasteiger partial charge is 0.462 e. The van der Waals surface area contributed by atoms with Crippen molar-refractivity contribution in [1.29, 1.82) is 0 Å². The number of hydrogen-bond donors (Lipinski definition) is 0. The van der Waals surface area contributed by atoms with E-state index >= 15 is 0 Å². The number of esters is 2. The van der Waals surface area contributed by atoms with Crippen molar-refractivity contribution in [3.63, 3.8) is 0 Å². The molecule has 0 heterocycles. The molecule has 6 heteroatoms. The molecule has 6 saturated carbocycles. The van der Waals surface area contributed by atoms with Crippen LogP contribution in [0.2, 0.25) is 0 Å². The summed E-state index contributed by atoms with van der Waals surface area (Å²) in [7, 11) is 4.21. The van der Waals surface area contributed by atoms with Gasteiger partial charge in [0, 0.05) is 25.9 Å². The topological polar surface area (TPSA) is 59.1 Å². The van der Waals surface area contributed by atoms with E-state index in [1.54, 1.807) is 11.1 Å². The summed E-state index contributed by atoms with van der Waals surface area (Å²) >= 11 is 0. The highest BCUT2D eigenvalue weighted by Gasteiger charge is 2.58. The van der Waals surface area contributed by atoms with Gasteiger partial charge >= 0.3 is 11.9 Å². The fraction of sp³-hybridized carbons (Fsp3) is 0.788. The number of carbonyl (C=O) groups is 2. The van der Waals surface area contributed by atoms with Gasteiger partial charge in [0.05, 0.1) is 12.8 Å². The van der Waals surface area contributed by atoms with Crippen molar-refractivity contribution < 1.29 is 19.1 Å². The van der Waals surface area contributed by atoms with E-state index in [1.165, 1.54) is 68.9 Å². The highest BCUT2D eigenvalue weighted by molar-refractivity contribution is 5.70. The zero-order valence-corrected chi connectivity index (χ0v) is 48.2. The van der Waals surface area contributed by atoms with Gasteiger partial charge in [-0.2, -0.15) is 0 Å². The molecule has 0 aromatic carbocycles. The Morgan fingerprint density at radius 1 is 0.583 bits per heavy atom. The molecule has 8 aliphatic carbocycles. The molecule has 8 aliphatic rings. The lowest BCUT2D eigenvalue weighted by atomic mass is 9.50. The minimum atomic E-state index is -0.102. The Hall–Kier alpha value is -2.70. The van der Waals surface area contributed by atoms with Crippen LogP contribution in [0.25, 0.3) is 0 Å². The fourth-order valence-electron chi connectivity index (χ4n) is 16.9. The summed E-state index contributed by atoms with van der Waals surface area (Å²) in [5.41, 5.74) is 7.57. The highest BCUT2D eigenvalue weighted by Crippen LogP contribution is 2.67. The number of allylic oxidation sites excluding steroid dienone is 10. The second-order valence-electron chi connectivity index (χ2n) is 27.6. The minimum absolute atomic E-state index is 0.0550. The Morgan fingerprint density at radius 3 is 1.64 bits per heavy atom. The highest BCUT2D eigenvalue weighted by atomic mass is 16.5. The smallest absolute Gasteiger partial charge is 0.307 e. The molecule has 0 bridgehead atoms. The van der Waals surface area contributed by atoms with Crippen molar-refractivity contribution in [2.45, 2.75) is 204 Å². The Kier molecular flexibility index (Phi) is 17.6. The first-order valence-corrected chi connectivity index (χ1v) is 30.1. The van der Waals surface area contributed by atoms with Crippen LogP contribution in [0.3, 0.4) is 0 Å². The molecule has 0 aromatic rings. The standard InChI is InChI=1S/C66H104N2O4/c1-44(2)46(5)16-14-17-49-22-25-57-54-23-20-50-42-52(28-34-64(50,9)59(54)30-36-63(49,57)8)71-61(69)32-40-68(39-15-38-67(12)13)41-33-62(70)72-53-29-35-65(10)51(43-53)21-24-55-58-27-26-56(66(58,11)37-31-60(55)65)48(7)19-18-47(6)45(3)4/h14,16,18-21,23-24,44-49,52-53,56-60H,15,17,22,25-43H2,1-13H3/b16-14+,19-18+. The van der Waals surface area contributed by atoms with Gasteiger partial charge in [-0.25, -0.2) is 0 Å². The van der Waals surface area contributed by atoms with Crippen molar-refractivity contribution in [2.75, 3.05) is 40.3 Å². The maximum absolute atomic E-state index is 13.6. The second kappa shape index (κ2) is 22.9. The summed E-state index contributed by atoms with van der Waals surface area (Å²) in [5.74, 6) is 7.19. The summed E-state index contributed by atoms with van der Waals surface area (Å²) in [5, 5.41) is 0. The average molecular weight is 990 g/mol. The van der Waals surface area contributed by atoms with Crippen LogP contribution in [0.15, 0.2) is 70.9 Å². The molecule has 0 radical (unpaired) electrons. The molecule has 72 heavy (non-hydrogen) atoms. The lowest BCUT2D eigenvalue weighted by Gasteiger charge is -2.55. The molecule has 0 spiro atoms. The maximum atomic E-state index is 13.6. The number of ether oxygens (including phenoxy) is 2. The van der Waals surface area contributed by atoms with Gasteiger partial charge in [0.25, 0.3) is 0 Å². The number of hydrogen-bond acceptors (Lipinski definition) is 6. The SMILES string of the molecule is CC(C)C(C)/C=C/CC1CCC2C3=CC=C4CC(OC(=O)CCN(CCCN(C)C)CCC(=O)OC5CCC6(C)C(=CC=C7C6CCC6(C)C7CCC6C(C)/C=C/C(C)C(C)C)C5)CCC4(C)C3CCC12C. The average Bonchev–Trinajstić information content (AvgIpc) is 3.87. The van der Waals surface area contributed by atoms with Gasteiger partial charge in [-0.05, 0) is 204 Å².